The molecule has 3 aliphatic rings. The van der Waals surface area contributed by atoms with Crippen molar-refractivity contribution < 1.29 is 44.1 Å². The maximum absolute atomic E-state index is 13.5. The minimum absolute atomic E-state index is 0.00893. The highest BCUT2D eigenvalue weighted by Gasteiger charge is 2.59. The number of hydrogen-bond donors (Lipinski definition) is 6. The number of hydrogen-bond acceptors (Lipinski definition) is 10. The first kappa shape index (κ1) is 23.3. The van der Waals surface area contributed by atoms with Crippen LogP contribution in [0.25, 0.3) is 0 Å². The Bertz CT molecular complexity index is 1410. The molecule has 0 radical (unpaired) electrons. The van der Waals surface area contributed by atoms with Gasteiger partial charge in [-0.1, -0.05) is 11.2 Å². The maximum atomic E-state index is 13.5. The summed E-state index contributed by atoms with van der Waals surface area (Å²) in [6, 6.07) is 2.83. The molecule has 2 amide bonds. The zero-order chi connectivity index (χ0) is 25.9. The second-order valence-electron chi connectivity index (χ2n) is 9.10. The number of phenolic OH excluding ortho intramolecular Hbond substituents is 1. The highest BCUT2D eigenvalue weighted by atomic mass is 16.5. The fourth-order valence-electron chi connectivity index (χ4n) is 5.44. The van der Waals surface area contributed by atoms with Crippen LogP contribution >= 0.6 is 0 Å². The van der Waals surface area contributed by atoms with E-state index in [0.29, 0.717) is 11.1 Å². The Kier molecular flexibility index (Phi) is 5.21. The van der Waals surface area contributed by atoms with Crippen LogP contribution in [0.1, 0.15) is 44.7 Å². The van der Waals surface area contributed by atoms with E-state index in [1.807, 2.05) is 0 Å². The number of allylic oxidation sites excluding steroid dienone is 2. The van der Waals surface area contributed by atoms with E-state index in [1.165, 1.54) is 18.5 Å². The van der Waals surface area contributed by atoms with Crippen LogP contribution in [0.5, 0.6) is 5.75 Å². The lowest BCUT2D eigenvalue weighted by molar-refractivity contribution is -0.144. The van der Waals surface area contributed by atoms with Gasteiger partial charge in [0.1, 0.15) is 29.1 Å². The van der Waals surface area contributed by atoms with Crippen LogP contribution in [0.4, 0.5) is 0 Å². The Morgan fingerprint density at radius 1 is 1.19 bits per heavy atom. The summed E-state index contributed by atoms with van der Waals surface area (Å²) in [6.07, 6.45) is 2.27. The number of phenols is 1. The molecule has 36 heavy (non-hydrogen) atoms. The third-order valence-electron chi connectivity index (χ3n) is 7.18. The number of amides is 2. The molecule has 3 aliphatic carbocycles. The van der Waals surface area contributed by atoms with Crippen molar-refractivity contribution in [3.8, 4) is 5.75 Å². The van der Waals surface area contributed by atoms with Crippen molar-refractivity contribution in [2.24, 2.45) is 17.6 Å². The second kappa shape index (κ2) is 8.05. The van der Waals surface area contributed by atoms with Crippen molar-refractivity contribution in [1.29, 1.82) is 0 Å². The number of carbonyl (C=O) groups is 4. The monoisotopic (exact) mass is 495 g/mol. The molecule has 12 heteroatoms. The second-order valence-corrected chi connectivity index (χ2v) is 9.10. The average Bonchev–Trinajstić information content (AvgIpc) is 3.35. The largest absolute Gasteiger partial charge is 0.511 e. The SMILES string of the molecule is NC(=O)C1=C(O)C[C@@H]2C[C@@H]3Cc4c(CNC(=O)c5cnoc5)ccc(O)c4C(=O)C3=C(O)[C@]2(O)C1=O. The molecule has 0 saturated carbocycles. The summed E-state index contributed by atoms with van der Waals surface area (Å²) in [7, 11) is 0. The molecule has 0 unspecified atom stereocenters. The molecule has 0 bridgehead atoms. The van der Waals surface area contributed by atoms with Gasteiger partial charge >= 0.3 is 0 Å². The lowest BCUT2D eigenvalue weighted by Gasteiger charge is -2.45. The number of rotatable bonds is 4. The molecule has 0 aliphatic heterocycles. The van der Waals surface area contributed by atoms with Gasteiger partial charge in [-0.25, -0.2) is 0 Å². The molecule has 186 valence electrons. The van der Waals surface area contributed by atoms with Gasteiger partial charge in [-0.2, -0.15) is 0 Å². The van der Waals surface area contributed by atoms with Gasteiger partial charge in [0.15, 0.2) is 11.4 Å². The number of aromatic hydroxyl groups is 1. The van der Waals surface area contributed by atoms with Crippen molar-refractivity contribution >= 4 is 23.4 Å². The van der Waals surface area contributed by atoms with Crippen molar-refractivity contribution in [2.45, 2.75) is 31.4 Å². The molecule has 0 saturated heterocycles. The summed E-state index contributed by atoms with van der Waals surface area (Å²) in [5, 5.41) is 49.2. The number of carbonyl (C=O) groups excluding carboxylic acids is 4. The number of Topliss-reactive ketones (excluding diaryl/α,β-unsaturated/α-hetero) is 2. The van der Waals surface area contributed by atoms with Crippen LogP contribution in [0.3, 0.4) is 0 Å². The molecular weight excluding hydrogens is 474 g/mol. The van der Waals surface area contributed by atoms with E-state index in [9.17, 15) is 39.6 Å². The third kappa shape index (κ3) is 3.22. The van der Waals surface area contributed by atoms with E-state index in [2.05, 4.69) is 15.0 Å². The number of ketones is 2. The Morgan fingerprint density at radius 3 is 2.61 bits per heavy atom. The van der Waals surface area contributed by atoms with E-state index >= 15 is 0 Å². The van der Waals surface area contributed by atoms with Crippen LogP contribution in [-0.4, -0.2) is 54.6 Å². The van der Waals surface area contributed by atoms with Gasteiger partial charge in [-0.05, 0) is 36.0 Å². The zero-order valence-electron chi connectivity index (χ0n) is 18.6. The number of benzene rings is 1. The number of primary amides is 1. The number of aliphatic hydroxyl groups is 3. The average molecular weight is 495 g/mol. The number of nitrogens with zero attached hydrogens (tertiary/aromatic N) is 1. The molecule has 1 aromatic carbocycles. The lowest BCUT2D eigenvalue weighted by atomic mass is 9.60. The zero-order valence-corrected chi connectivity index (χ0v) is 18.6. The number of nitrogens with one attached hydrogen (secondary N) is 1. The maximum Gasteiger partial charge on any atom is 0.256 e. The van der Waals surface area contributed by atoms with E-state index in [0.717, 1.165) is 0 Å². The Labute approximate surface area is 202 Å². The first-order valence-corrected chi connectivity index (χ1v) is 11.0. The van der Waals surface area contributed by atoms with Crippen molar-refractivity contribution in [3.05, 3.63) is 69.5 Å². The quantitative estimate of drug-likeness (QED) is 0.323. The normalized spacial score (nSPS) is 25.2. The summed E-state index contributed by atoms with van der Waals surface area (Å²) >= 11 is 0. The fraction of sp³-hybridized carbons (Fsp3) is 0.292. The topological polar surface area (TPSA) is 213 Å². The predicted molar refractivity (Wildman–Crippen MR) is 118 cm³/mol. The molecule has 7 N–H and O–H groups in total. The molecular formula is C24H21N3O9. The minimum atomic E-state index is -2.62. The summed E-state index contributed by atoms with van der Waals surface area (Å²) in [6.45, 7) is 0.00893. The van der Waals surface area contributed by atoms with Crippen LogP contribution in [0.2, 0.25) is 0 Å². The highest BCUT2D eigenvalue weighted by molar-refractivity contribution is 6.24. The van der Waals surface area contributed by atoms with Gasteiger partial charge in [-0.3, -0.25) is 19.2 Å². The third-order valence-corrected chi connectivity index (χ3v) is 7.18. The molecule has 3 atom stereocenters. The fourth-order valence-corrected chi connectivity index (χ4v) is 5.44. The standard InChI is InChI=1S/C24H21N3O9/c25-22(33)18-15(29)5-12-3-10-4-13-9(6-26-23(34)11-7-27-36-8-11)1-2-14(28)17(13)19(30)16(10)20(31)24(12,35)21(18)32/h1-2,7-8,10,12,28-29,31,35H,3-6H2,(H2,25,33)(H,26,34)/t10-,12+,24+/m1/s1. The summed E-state index contributed by atoms with van der Waals surface area (Å²) in [5.74, 6) is -7.36. The van der Waals surface area contributed by atoms with Crippen molar-refractivity contribution in [1.82, 2.24) is 10.5 Å². The summed E-state index contributed by atoms with van der Waals surface area (Å²) in [5.41, 5.74) is 2.56. The number of aliphatic hydroxyl groups excluding tert-OH is 2. The summed E-state index contributed by atoms with van der Waals surface area (Å²) in [4.78, 5) is 50.5. The van der Waals surface area contributed by atoms with Gasteiger partial charge in [0.2, 0.25) is 5.78 Å². The highest BCUT2D eigenvalue weighted by Crippen LogP contribution is 2.51. The summed E-state index contributed by atoms with van der Waals surface area (Å²) < 4.78 is 4.66. The van der Waals surface area contributed by atoms with Gasteiger partial charge in [0, 0.05) is 24.5 Å². The van der Waals surface area contributed by atoms with Crippen molar-refractivity contribution in [2.75, 3.05) is 0 Å². The molecule has 1 aromatic heterocycles. The van der Waals surface area contributed by atoms with Gasteiger partial charge in [0.05, 0.1) is 17.3 Å². The van der Waals surface area contributed by atoms with E-state index < -0.39 is 57.9 Å². The van der Waals surface area contributed by atoms with Crippen LogP contribution in [0, 0.1) is 11.8 Å². The van der Waals surface area contributed by atoms with Gasteiger partial charge in [-0.15, -0.1) is 0 Å². The van der Waals surface area contributed by atoms with Crippen LogP contribution in [-0.2, 0) is 22.6 Å². The van der Waals surface area contributed by atoms with E-state index in [-0.39, 0.29) is 48.3 Å². The van der Waals surface area contributed by atoms with Gasteiger partial charge in [0.25, 0.3) is 11.8 Å². The lowest BCUT2D eigenvalue weighted by Crippen LogP contribution is -2.57. The first-order chi connectivity index (χ1) is 17.1. The predicted octanol–water partition coefficient (Wildman–Crippen LogP) is 0.498. The molecule has 1 heterocycles. The molecule has 12 nitrogen and oxygen atoms in total. The Morgan fingerprint density at radius 2 is 1.94 bits per heavy atom. The number of nitrogens with two attached hydrogens (primary N) is 1. The number of aromatic nitrogens is 1. The Hall–Kier alpha value is -4.45. The molecule has 0 spiro atoms. The van der Waals surface area contributed by atoms with Crippen molar-refractivity contribution in [3.63, 3.8) is 0 Å². The smallest absolute Gasteiger partial charge is 0.256 e. The van der Waals surface area contributed by atoms with Crippen LogP contribution in [0.15, 0.2) is 51.8 Å². The van der Waals surface area contributed by atoms with E-state index in [4.69, 9.17) is 5.73 Å². The molecule has 0 fully saturated rings. The van der Waals surface area contributed by atoms with E-state index in [1.54, 1.807) is 6.07 Å². The first-order valence-electron chi connectivity index (χ1n) is 11.0. The number of fused-ring (bicyclic) bond motifs is 3. The van der Waals surface area contributed by atoms with Gasteiger partial charge < -0.3 is 36.0 Å². The molecule has 5 rings (SSSR count). The minimum Gasteiger partial charge on any atom is -0.511 e. The molecule has 2 aromatic rings. The Balaban J connectivity index is 1.54. The van der Waals surface area contributed by atoms with Crippen LogP contribution < -0.4 is 11.1 Å².